The summed E-state index contributed by atoms with van der Waals surface area (Å²) in [6.45, 7) is 5.23. The van der Waals surface area contributed by atoms with Crippen molar-refractivity contribution in [1.29, 1.82) is 0 Å². The number of rotatable bonds is 5. The Balaban J connectivity index is 1.73. The lowest BCUT2D eigenvalue weighted by atomic mass is 10.2. The molecule has 0 radical (unpaired) electrons. The zero-order valence-electron chi connectivity index (χ0n) is 15.7. The maximum atomic E-state index is 12.7. The second kappa shape index (κ2) is 9.23. The molecule has 0 saturated carbocycles. The normalized spacial score (nSPS) is 16.0. The topological polar surface area (TPSA) is 44.8 Å². The molecule has 1 N–H and O–H groups in total. The van der Waals surface area contributed by atoms with Crippen molar-refractivity contribution in [2.24, 2.45) is 0 Å². The number of ether oxygens (including phenoxy) is 1. The first kappa shape index (κ1) is 21.1. The molecule has 1 aliphatic rings. The van der Waals surface area contributed by atoms with Gasteiger partial charge in [-0.3, -0.25) is 4.79 Å². The van der Waals surface area contributed by atoms with E-state index in [1.807, 2.05) is 18.2 Å². The molecular weight excluding hydrogens is 421 g/mol. The van der Waals surface area contributed by atoms with Gasteiger partial charge in [-0.1, -0.05) is 40.9 Å². The molecule has 0 spiro atoms. The number of carbonyl (C=O) groups excluding carboxylic acids is 1. The lowest BCUT2D eigenvalue weighted by Crippen LogP contribution is -2.45. The van der Waals surface area contributed by atoms with Gasteiger partial charge in [-0.15, -0.1) is 0 Å². The number of amides is 1. The number of hydrogen-bond acceptors (Lipinski definition) is 4. The third kappa shape index (κ3) is 5.03. The van der Waals surface area contributed by atoms with Gasteiger partial charge < -0.3 is 19.9 Å². The zero-order valence-corrected chi connectivity index (χ0v) is 18.0. The highest BCUT2D eigenvalue weighted by Crippen LogP contribution is 2.35. The van der Waals surface area contributed by atoms with E-state index in [1.54, 1.807) is 25.1 Å². The Bertz CT molecular complexity index is 855. The Morgan fingerprint density at radius 2 is 1.79 bits per heavy atom. The smallest absolute Gasteiger partial charge is 0.265 e. The van der Waals surface area contributed by atoms with Crippen molar-refractivity contribution in [3.8, 4) is 5.75 Å². The third-order valence-electron chi connectivity index (χ3n) is 4.63. The summed E-state index contributed by atoms with van der Waals surface area (Å²) in [6.07, 6.45) is -0.752. The van der Waals surface area contributed by atoms with Crippen LogP contribution in [0.5, 0.6) is 5.75 Å². The highest BCUT2D eigenvalue weighted by atomic mass is 35.5. The van der Waals surface area contributed by atoms with Crippen LogP contribution in [0.1, 0.15) is 6.92 Å². The number of benzene rings is 2. The maximum Gasteiger partial charge on any atom is 0.265 e. The molecule has 8 heteroatoms. The molecule has 1 saturated heterocycles. The number of nitrogens with one attached hydrogen (secondary N) is 1. The van der Waals surface area contributed by atoms with Crippen molar-refractivity contribution >= 4 is 52.1 Å². The summed E-state index contributed by atoms with van der Waals surface area (Å²) < 4.78 is 5.71. The summed E-state index contributed by atoms with van der Waals surface area (Å²) in [5, 5.41) is 4.41. The van der Waals surface area contributed by atoms with Crippen LogP contribution in [0.4, 0.5) is 11.4 Å². The van der Waals surface area contributed by atoms with E-state index in [1.165, 1.54) is 0 Å². The minimum atomic E-state index is -0.752. The molecule has 1 fully saturated rings. The fourth-order valence-corrected chi connectivity index (χ4v) is 3.76. The summed E-state index contributed by atoms with van der Waals surface area (Å²) in [5.41, 5.74) is 1.50. The second-order valence-corrected chi connectivity index (χ2v) is 8.00. The Morgan fingerprint density at radius 3 is 2.46 bits per heavy atom. The van der Waals surface area contributed by atoms with E-state index < -0.39 is 6.10 Å². The van der Waals surface area contributed by atoms with Crippen LogP contribution in [0.15, 0.2) is 36.4 Å². The lowest BCUT2D eigenvalue weighted by Gasteiger charge is -2.35. The van der Waals surface area contributed by atoms with Gasteiger partial charge in [0.2, 0.25) is 0 Å². The molecule has 0 bridgehead atoms. The van der Waals surface area contributed by atoms with Crippen molar-refractivity contribution < 1.29 is 9.53 Å². The standard InChI is InChI=1S/C20H22Cl3N3O2/c1-13(28-18-7-6-14(21)12-16(18)23)20(27)24-17-5-3-4-15(22)19(17)26-10-8-25(2)9-11-26/h3-7,12-13H,8-11H2,1-2H3,(H,24,27). The fourth-order valence-electron chi connectivity index (χ4n) is 3.02. The van der Waals surface area contributed by atoms with E-state index >= 15 is 0 Å². The van der Waals surface area contributed by atoms with Crippen LogP contribution in [-0.4, -0.2) is 50.1 Å². The van der Waals surface area contributed by atoms with Gasteiger partial charge in [-0.05, 0) is 44.3 Å². The number of halogens is 3. The van der Waals surface area contributed by atoms with Crippen molar-refractivity contribution in [3.63, 3.8) is 0 Å². The number of carbonyl (C=O) groups is 1. The number of piperazine rings is 1. The van der Waals surface area contributed by atoms with Crippen molar-refractivity contribution in [1.82, 2.24) is 4.90 Å². The van der Waals surface area contributed by atoms with Crippen LogP contribution in [0.3, 0.4) is 0 Å². The zero-order chi connectivity index (χ0) is 20.3. The number of hydrogen-bond donors (Lipinski definition) is 1. The first-order valence-corrected chi connectivity index (χ1v) is 10.1. The van der Waals surface area contributed by atoms with Crippen molar-refractivity contribution in [3.05, 3.63) is 51.5 Å². The van der Waals surface area contributed by atoms with E-state index in [0.29, 0.717) is 26.5 Å². The second-order valence-electron chi connectivity index (χ2n) is 6.75. The largest absolute Gasteiger partial charge is 0.479 e. The van der Waals surface area contributed by atoms with E-state index in [2.05, 4.69) is 22.2 Å². The van der Waals surface area contributed by atoms with E-state index in [0.717, 1.165) is 31.9 Å². The molecular formula is C20H22Cl3N3O2. The van der Waals surface area contributed by atoms with Crippen molar-refractivity contribution in [2.75, 3.05) is 43.4 Å². The van der Waals surface area contributed by atoms with Crippen LogP contribution >= 0.6 is 34.8 Å². The van der Waals surface area contributed by atoms with E-state index in [9.17, 15) is 4.79 Å². The molecule has 2 aromatic carbocycles. The van der Waals surface area contributed by atoms with Gasteiger partial charge in [0, 0.05) is 31.2 Å². The summed E-state index contributed by atoms with van der Waals surface area (Å²) in [6, 6.07) is 10.4. The molecule has 1 aliphatic heterocycles. The minimum absolute atomic E-state index is 0.288. The number of anilines is 2. The summed E-state index contributed by atoms with van der Waals surface area (Å²) in [5.74, 6) is 0.114. The number of para-hydroxylation sites is 1. The van der Waals surface area contributed by atoms with Gasteiger partial charge in [-0.25, -0.2) is 0 Å². The monoisotopic (exact) mass is 441 g/mol. The Hall–Kier alpha value is -1.66. The van der Waals surface area contributed by atoms with Gasteiger partial charge in [0.15, 0.2) is 6.10 Å². The highest BCUT2D eigenvalue weighted by Gasteiger charge is 2.23. The first-order valence-electron chi connectivity index (χ1n) is 8.99. The predicted molar refractivity (Wildman–Crippen MR) is 116 cm³/mol. The molecule has 0 aliphatic carbocycles. The molecule has 150 valence electrons. The summed E-state index contributed by atoms with van der Waals surface area (Å²) in [7, 11) is 2.09. The Labute approximate surface area is 180 Å². The molecule has 5 nitrogen and oxygen atoms in total. The van der Waals surface area contributed by atoms with Crippen LogP contribution in [0.25, 0.3) is 0 Å². The molecule has 1 unspecified atom stereocenters. The van der Waals surface area contributed by atoms with Gasteiger partial charge in [-0.2, -0.15) is 0 Å². The van der Waals surface area contributed by atoms with Crippen LogP contribution in [0.2, 0.25) is 15.1 Å². The fraction of sp³-hybridized carbons (Fsp3) is 0.350. The summed E-state index contributed by atoms with van der Waals surface area (Å²) >= 11 is 18.5. The quantitative estimate of drug-likeness (QED) is 0.722. The lowest BCUT2D eigenvalue weighted by molar-refractivity contribution is -0.122. The first-order chi connectivity index (χ1) is 13.3. The molecule has 1 heterocycles. The third-order valence-corrected chi connectivity index (χ3v) is 5.47. The van der Waals surface area contributed by atoms with E-state index in [4.69, 9.17) is 39.5 Å². The minimum Gasteiger partial charge on any atom is -0.479 e. The molecule has 0 aromatic heterocycles. The van der Waals surface area contributed by atoms with Crippen LogP contribution in [-0.2, 0) is 4.79 Å². The molecule has 28 heavy (non-hydrogen) atoms. The predicted octanol–water partition coefficient (Wildman–Crippen LogP) is 4.80. The number of nitrogens with zero attached hydrogens (tertiary/aromatic N) is 2. The number of likely N-dealkylation sites (N-methyl/N-ethyl adjacent to an activating group) is 1. The van der Waals surface area contributed by atoms with Gasteiger partial charge >= 0.3 is 0 Å². The average molecular weight is 443 g/mol. The summed E-state index contributed by atoms with van der Waals surface area (Å²) in [4.78, 5) is 17.2. The van der Waals surface area contributed by atoms with Crippen LogP contribution in [0, 0.1) is 0 Å². The highest BCUT2D eigenvalue weighted by molar-refractivity contribution is 6.35. The molecule has 2 aromatic rings. The maximum absolute atomic E-state index is 12.7. The molecule has 3 rings (SSSR count). The SMILES string of the molecule is CC(Oc1ccc(Cl)cc1Cl)C(=O)Nc1cccc(Cl)c1N1CCN(C)CC1. The van der Waals surface area contributed by atoms with Gasteiger partial charge in [0.05, 0.1) is 21.4 Å². The van der Waals surface area contributed by atoms with E-state index in [-0.39, 0.29) is 5.91 Å². The Kier molecular flexibility index (Phi) is 6.94. The van der Waals surface area contributed by atoms with Gasteiger partial charge in [0.25, 0.3) is 5.91 Å². The molecule has 1 atom stereocenters. The van der Waals surface area contributed by atoms with Crippen LogP contribution < -0.4 is 15.0 Å². The average Bonchev–Trinajstić information content (AvgIpc) is 2.65. The molecule has 1 amide bonds. The van der Waals surface area contributed by atoms with Crippen molar-refractivity contribution in [2.45, 2.75) is 13.0 Å². The van der Waals surface area contributed by atoms with Gasteiger partial charge in [0.1, 0.15) is 5.75 Å². The Morgan fingerprint density at radius 1 is 1.07 bits per heavy atom.